The van der Waals surface area contributed by atoms with Gasteiger partial charge in [-0.25, -0.2) is 13.8 Å². The van der Waals surface area contributed by atoms with Crippen molar-refractivity contribution in [1.82, 2.24) is 9.55 Å². The molecule has 90 valence electrons. The summed E-state index contributed by atoms with van der Waals surface area (Å²) in [4.78, 5) is 3.33. The van der Waals surface area contributed by atoms with Gasteiger partial charge in [0.05, 0.1) is 0 Å². The van der Waals surface area contributed by atoms with Gasteiger partial charge in [0.2, 0.25) is 0 Å². The molecule has 16 heavy (non-hydrogen) atoms. The van der Waals surface area contributed by atoms with Crippen LogP contribution < -0.4 is 0 Å². The molecule has 1 aliphatic carbocycles. The molecule has 0 bridgehead atoms. The minimum Gasteiger partial charge on any atom is -0.325 e. The molecular weight excluding hydrogens is 231 g/mol. The Morgan fingerprint density at radius 1 is 1.50 bits per heavy atom. The summed E-state index contributed by atoms with van der Waals surface area (Å²) in [6.45, 7) is 1.58. The molecule has 0 aromatic carbocycles. The van der Waals surface area contributed by atoms with Crippen molar-refractivity contribution in [2.75, 3.05) is 0 Å². The molecule has 0 radical (unpaired) electrons. The van der Waals surface area contributed by atoms with E-state index in [1.54, 1.807) is 6.92 Å². The lowest BCUT2D eigenvalue weighted by Gasteiger charge is -2.03. The SMILES string of the molecule is CCc1nc(C(F)(F)F)cn1C1CC1(F)F. The average molecular weight is 240 g/mol. The molecule has 2 rings (SSSR count). The van der Waals surface area contributed by atoms with Crippen molar-refractivity contribution in [3.05, 3.63) is 17.7 Å². The van der Waals surface area contributed by atoms with Crippen molar-refractivity contribution < 1.29 is 22.0 Å². The lowest BCUT2D eigenvalue weighted by molar-refractivity contribution is -0.141. The fraction of sp³-hybridized carbons (Fsp3) is 0.667. The summed E-state index contributed by atoms with van der Waals surface area (Å²) in [5, 5.41) is 0. The zero-order chi connectivity index (χ0) is 12.1. The van der Waals surface area contributed by atoms with Gasteiger partial charge in [-0.1, -0.05) is 6.92 Å². The van der Waals surface area contributed by atoms with Crippen LogP contribution in [0.3, 0.4) is 0 Å². The third-order valence-corrected chi connectivity index (χ3v) is 2.54. The number of hydrogen-bond donors (Lipinski definition) is 0. The van der Waals surface area contributed by atoms with Crippen LogP contribution in [-0.2, 0) is 12.6 Å². The minimum atomic E-state index is -4.58. The zero-order valence-electron chi connectivity index (χ0n) is 8.35. The largest absolute Gasteiger partial charge is 0.434 e. The van der Waals surface area contributed by atoms with Crippen molar-refractivity contribution in [1.29, 1.82) is 0 Å². The number of imidazole rings is 1. The van der Waals surface area contributed by atoms with E-state index in [2.05, 4.69) is 4.98 Å². The van der Waals surface area contributed by atoms with Crippen molar-refractivity contribution in [3.63, 3.8) is 0 Å². The molecule has 0 N–H and O–H groups in total. The third-order valence-electron chi connectivity index (χ3n) is 2.54. The summed E-state index contributed by atoms with van der Waals surface area (Å²) < 4.78 is 63.5. The highest BCUT2D eigenvalue weighted by Gasteiger charge is 2.59. The number of alkyl halides is 5. The number of nitrogens with zero attached hydrogens (tertiary/aromatic N) is 2. The third kappa shape index (κ3) is 1.78. The van der Waals surface area contributed by atoms with Gasteiger partial charge in [0.25, 0.3) is 5.92 Å². The van der Waals surface area contributed by atoms with Crippen LogP contribution in [0.15, 0.2) is 6.20 Å². The van der Waals surface area contributed by atoms with Gasteiger partial charge in [-0.2, -0.15) is 13.2 Å². The van der Waals surface area contributed by atoms with E-state index in [4.69, 9.17) is 0 Å². The maximum Gasteiger partial charge on any atom is 0.434 e. The molecule has 1 atom stereocenters. The van der Waals surface area contributed by atoms with Crippen LogP contribution in [0.5, 0.6) is 0 Å². The van der Waals surface area contributed by atoms with E-state index < -0.39 is 30.3 Å². The van der Waals surface area contributed by atoms with Crippen LogP contribution in [0, 0.1) is 0 Å². The second kappa shape index (κ2) is 3.18. The van der Waals surface area contributed by atoms with Crippen molar-refractivity contribution in [2.24, 2.45) is 0 Å². The van der Waals surface area contributed by atoms with Gasteiger partial charge in [-0.3, -0.25) is 0 Å². The Morgan fingerprint density at radius 2 is 2.06 bits per heavy atom. The van der Waals surface area contributed by atoms with E-state index in [1.165, 1.54) is 0 Å². The molecular formula is C9H9F5N2. The lowest BCUT2D eigenvalue weighted by Crippen LogP contribution is -2.05. The van der Waals surface area contributed by atoms with E-state index >= 15 is 0 Å². The highest BCUT2D eigenvalue weighted by molar-refractivity contribution is 5.14. The molecule has 1 aromatic heterocycles. The predicted octanol–water partition coefficient (Wildman–Crippen LogP) is 3.04. The van der Waals surface area contributed by atoms with E-state index in [-0.39, 0.29) is 12.2 Å². The van der Waals surface area contributed by atoms with Crippen LogP contribution in [0.2, 0.25) is 0 Å². The minimum absolute atomic E-state index is 0.0505. The average Bonchev–Trinajstić information content (AvgIpc) is 2.63. The molecule has 1 aliphatic rings. The Bertz CT molecular complexity index is 407. The summed E-state index contributed by atoms with van der Waals surface area (Å²) in [6, 6.07) is -1.16. The molecule has 1 unspecified atom stereocenters. The van der Waals surface area contributed by atoms with Crippen LogP contribution in [0.25, 0.3) is 0 Å². The molecule has 2 nitrogen and oxygen atoms in total. The summed E-state index contributed by atoms with van der Waals surface area (Å²) in [5.41, 5.74) is -1.10. The zero-order valence-corrected chi connectivity index (χ0v) is 8.35. The van der Waals surface area contributed by atoms with Crippen molar-refractivity contribution in [3.8, 4) is 0 Å². The van der Waals surface area contributed by atoms with E-state index in [0.717, 1.165) is 4.57 Å². The molecule has 1 saturated carbocycles. The quantitative estimate of drug-likeness (QED) is 0.726. The molecule has 0 saturated heterocycles. The summed E-state index contributed by atoms with van der Waals surface area (Å²) in [6.07, 6.45) is -4.12. The fourth-order valence-corrected chi connectivity index (χ4v) is 1.60. The van der Waals surface area contributed by atoms with E-state index in [9.17, 15) is 22.0 Å². The number of aromatic nitrogens is 2. The van der Waals surface area contributed by atoms with Gasteiger partial charge >= 0.3 is 6.18 Å². The molecule has 1 heterocycles. The van der Waals surface area contributed by atoms with Gasteiger partial charge in [0.15, 0.2) is 5.69 Å². The van der Waals surface area contributed by atoms with E-state index in [0.29, 0.717) is 6.20 Å². The Kier molecular flexibility index (Phi) is 2.25. The molecule has 0 aliphatic heterocycles. The van der Waals surface area contributed by atoms with Gasteiger partial charge < -0.3 is 4.57 Å². The van der Waals surface area contributed by atoms with Crippen molar-refractivity contribution in [2.45, 2.75) is 37.9 Å². The second-order valence-corrected chi connectivity index (χ2v) is 3.78. The first kappa shape index (κ1) is 11.3. The van der Waals surface area contributed by atoms with Gasteiger partial charge in [0, 0.05) is 19.0 Å². The van der Waals surface area contributed by atoms with Gasteiger partial charge in [-0.15, -0.1) is 0 Å². The van der Waals surface area contributed by atoms with Crippen molar-refractivity contribution >= 4 is 0 Å². The van der Waals surface area contributed by atoms with Crippen LogP contribution in [0.1, 0.15) is 30.9 Å². The Morgan fingerprint density at radius 3 is 2.44 bits per heavy atom. The smallest absolute Gasteiger partial charge is 0.325 e. The maximum absolute atomic E-state index is 12.8. The number of hydrogen-bond acceptors (Lipinski definition) is 1. The predicted molar refractivity (Wildman–Crippen MR) is 45.2 cm³/mol. The monoisotopic (exact) mass is 240 g/mol. The molecule has 0 amide bonds. The van der Waals surface area contributed by atoms with E-state index in [1.807, 2.05) is 0 Å². The summed E-state index contributed by atoms with van der Waals surface area (Å²) in [7, 11) is 0. The molecule has 7 heteroatoms. The maximum atomic E-state index is 12.8. The number of aryl methyl sites for hydroxylation is 1. The van der Waals surface area contributed by atoms with Gasteiger partial charge in [-0.05, 0) is 0 Å². The number of rotatable bonds is 2. The first-order chi connectivity index (χ1) is 7.25. The Balaban J connectivity index is 2.35. The second-order valence-electron chi connectivity index (χ2n) is 3.78. The fourth-order valence-electron chi connectivity index (χ4n) is 1.60. The highest BCUT2D eigenvalue weighted by atomic mass is 19.4. The summed E-state index contributed by atoms with van der Waals surface area (Å²) in [5.74, 6) is -2.84. The normalized spacial score (nSPS) is 23.5. The summed E-state index contributed by atoms with van der Waals surface area (Å²) >= 11 is 0. The lowest BCUT2D eigenvalue weighted by atomic mass is 10.4. The number of halogens is 5. The van der Waals surface area contributed by atoms with Gasteiger partial charge in [0.1, 0.15) is 11.9 Å². The highest BCUT2D eigenvalue weighted by Crippen LogP contribution is 2.53. The topological polar surface area (TPSA) is 17.8 Å². The molecule has 0 spiro atoms. The molecule has 1 aromatic rings. The Hall–Kier alpha value is -1.14. The standard InChI is InChI=1S/C9H9F5N2/c1-2-7-15-5(9(12,13)14)4-16(7)6-3-8(6,10)11/h4,6H,2-3H2,1H3. The van der Waals surface area contributed by atoms with Crippen LogP contribution in [0.4, 0.5) is 22.0 Å². The van der Waals surface area contributed by atoms with Crippen LogP contribution >= 0.6 is 0 Å². The molecule has 1 fully saturated rings. The van der Waals surface area contributed by atoms with Crippen LogP contribution in [-0.4, -0.2) is 15.5 Å². The first-order valence-corrected chi connectivity index (χ1v) is 4.78. The first-order valence-electron chi connectivity index (χ1n) is 4.78. The Labute approximate surface area is 88.1 Å².